The molecular formula is C14H20ClNO2S. The van der Waals surface area contributed by atoms with Crippen LogP contribution in [0.5, 0.6) is 0 Å². The van der Waals surface area contributed by atoms with Gasteiger partial charge < -0.3 is 0 Å². The monoisotopic (exact) mass is 301 g/mol. The van der Waals surface area contributed by atoms with Gasteiger partial charge in [0.2, 0.25) is 10.0 Å². The minimum Gasteiger partial charge on any atom is -0.207 e. The molecule has 0 spiro atoms. The molecule has 0 unspecified atom stereocenters. The third-order valence-electron chi connectivity index (χ3n) is 3.70. The van der Waals surface area contributed by atoms with Crippen molar-refractivity contribution in [2.24, 2.45) is 0 Å². The predicted octanol–water partition coefficient (Wildman–Crippen LogP) is 3.38. The third kappa shape index (κ3) is 3.12. The first-order chi connectivity index (χ1) is 9.09. The minimum atomic E-state index is -3.39. The highest BCUT2D eigenvalue weighted by Crippen LogP contribution is 2.28. The maximum Gasteiger partial charge on any atom is 0.243 e. The molecule has 19 heavy (non-hydrogen) atoms. The van der Waals surface area contributed by atoms with Gasteiger partial charge in [0.25, 0.3) is 0 Å². The second-order valence-corrected chi connectivity index (χ2v) is 7.09. The van der Waals surface area contributed by atoms with Crippen LogP contribution in [-0.2, 0) is 15.9 Å². The van der Waals surface area contributed by atoms with E-state index in [0.29, 0.717) is 17.3 Å². The maximum atomic E-state index is 12.7. The van der Waals surface area contributed by atoms with E-state index in [1.807, 2.05) is 13.0 Å². The van der Waals surface area contributed by atoms with Crippen LogP contribution in [-0.4, -0.2) is 25.3 Å². The number of benzene rings is 1. The standard InChI is InChI=1S/C14H20ClNO2S/c1-2-16(13-7-3-4-8-13)19(17,18)14-9-5-6-12(10-14)11-15/h5-6,9-10,13H,2-4,7-8,11H2,1H3. The number of rotatable bonds is 5. The van der Waals surface area contributed by atoms with E-state index >= 15 is 0 Å². The fourth-order valence-electron chi connectivity index (χ4n) is 2.74. The summed E-state index contributed by atoms with van der Waals surface area (Å²) in [5, 5.41) is 0. The van der Waals surface area contributed by atoms with Crippen molar-refractivity contribution < 1.29 is 8.42 Å². The van der Waals surface area contributed by atoms with Crippen LogP contribution in [0.2, 0.25) is 0 Å². The smallest absolute Gasteiger partial charge is 0.207 e. The van der Waals surface area contributed by atoms with E-state index < -0.39 is 10.0 Å². The Labute approximate surface area is 120 Å². The minimum absolute atomic E-state index is 0.162. The number of alkyl halides is 1. The summed E-state index contributed by atoms with van der Waals surface area (Å²) in [6, 6.07) is 7.10. The van der Waals surface area contributed by atoms with Crippen molar-refractivity contribution in [1.82, 2.24) is 4.31 Å². The van der Waals surface area contributed by atoms with Crippen molar-refractivity contribution in [3.8, 4) is 0 Å². The van der Waals surface area contributed by atoms with Gasteiger partial charge in [-0.2, -0.15) is 4.31 Å². The summed E-state index contributed by atoms with van der Waals surface area (Å²) in [6.45, 7) is 2.43. The third-order valence-corrected chi connectivity index (χ3v) is 6.04. The first kappa shape index (κ1) is 14.8. The summed E-state index contributed by atoms with van der Waals surface area (Å²) in [5.41, 5.74) is 0.838. The zero-order valence-corrected chi connectivity index (χ0v) is 12.8. The summed E-state index contributed by atoms with van der Waals surface area (Å²) in [6.07, 6.45) is 4.20. The van der Waals surface area contributed by atoms with Gasteiger partial charge in [0, 0.05) is 18.5 Å². The Morgan fingerprint density at radius 2 is 2.00 bits per heavy atom. The first-order valence-electron chi connectivity index (χ1n) is 6.76. The van der Waals surface area contributed by atoms with Crippen molar-refractivity contribution >= 4 is 21.6 Å². The van der Waals surface area contributed by atoms with Crippen LogP contribution in [0.3, 0.4) is 0 Å². The lowest BCUT2D eigenvalue weighted by molar-refractivity contribution is 0.335. The normalized spacial score (nSPS) is 17.2. The van der Waals surface area contributed by atoms with Gasteiger partial charge in [-0.05, 0) is 30.5 Å². The largest absolute Gasteiger partial charge is 0.243 e. The lowest BCUT2D eigenvalue weighted by atomic mass is 10.2. The Morgan fingerprint density at radius 1 is 1.32 bits per heavy atom. The van der Waals surface area contributed by atoms with Gasteiger partial charge in [-0.25, -0.2) is 8.42 Å². The van der Waals surface area contributed by atoms with Crippen LogP contribution in [0, 0.1) is 0 Å². The molecule has 106 valence electrons. The molecule has 0 N–H and O–H groups in total. The summed E-state index contributed by atoms with van der Waals surface area (Å²) >= 11 is 5.78. The van der Waals surface area contributed by atoms with Crippen LogP contribution < -0.4 is 0 Å². The zero-order valence-electron chi connectivity index (χ0n) is 11.2. The summed E-state index contributed by atoms with van der Waals surface area (Å²) in [4.78, 5) is 0.361. The second-order valence-electron chi connectivity index (χ2n) is 4.93. The Kier molecular flexibility index (Phi) is 4.87. The topological polar surface area (TPSA) is 37.4 Å². The van der Waals surface area contributed by atoms with E-state index in [0.717, 1.165) is 31.2 Å². The molecule has 1 aliphatic rings. The fraction of sp³-hybridized carbons (Fsp3) is 0.571. The number of nitrogens with zero attached hydrogens (tertiary/aromatic N) is 1. The molecule has 1 aliphatic carbocycles. The molecule has 1 saturated carbocycles. The Balaban J connectivity index is 2.33. The van der Waals surface area contributed by atoms with Gasteiger partial charge in [0.15, 0.2) is 0 Å². The highest BCUT2D eigenvalue weighted by molar-refractivity contribution is 7.89. The van der Waals surface area contributed by atoms with E-state index in [4.69, 9.17) is 11.6 Å². The van der Waals surface area contributed by atoms with Crippen LogP contribution >= 0.6 is 11.6 Å². The van der Waals surface area contributed by atoms with E-state index in [2.05, 4.69) is 0 Å². The van der Waals surface area contributed by atoms with Crippen LogP contribution in [0.25, 0.3) is 0 Å². The molecular weight excluding hydrogens is 282 g/mol. The Bertz CT molecular complexity index is 524. The van der Waals surface area contributed by atoms with Crippen molar-refractivity contribution in [3.05, 3.63) is 29.8 Å². The van der Waals surface area contributed by atoms with Crippen molar-refractivity contribution in [2.75, 3.05) is 6.54 Å². The lowest BCUT2D eigenvalue weighted by Gasteiger charge is -2.26. The molecule has 5 heteroatoms. The molecule has 1 aromatic carbocycles. The average Bonchev–Trinajstić information content (AvgIpc) is 2.93. The number of hydrogen-bond acceptors (Lipinski definition) is 2. The molecule has 0 saturated heterocycles. The molecule has 0 aliphatic heterocycles. The second kappa shape index (κ2) is 6.25. The average molecular weight is 302 g/mol. The van der Waals surface area contributed by atoms with Crippen LogP contribution in [0.1, 0.15) is 38.2 Å². The molecule has 0 radical (unpaired) electrons. The summed E-state index contributed by atoms with van der Waals surface area (Å²) < 4.78 is 27.0. The number of sulfonamides is 1. The van der Waals surface area contributed by atoms with E-state index in [1.54, 1.807) is 22.5 Å². The molecule has 2 rings (SSSR count). The highest BCUT2D eigenvalue weighted by atomic mass is 35.5. The molecule has 0 aromatic heterocycles. The van der Waals surface area contributed by atoms with Gasteiger partial charge in [-0.15, -0.1) is 11.6 Å². The number of halogens is 1. The summed E-state index contributed by atoms with van der Waals surface area (Å²) in [7, 11) is -3.39. The van der Waals surface area contributed by atoms with Crippen LogP contribution in [0.4, 0.5) is 0 Å². The molecule has 0 heterocycles. The van der Waals surface area contributed by atoms with E-state index in [-0.39, 0.29) is 6.04 Å². The van der Waals surface area contributed by atoms with E-state index in [1.165, 1.54) is 0 Å². The first-order valence-corrected chi connectivity index (χ1v) is 8.73. The molecule has 0 atom stereocenters. The molecule has 1 aromatic rings. The predicted molar refractivity (Wildman–Crippen MR) is 77.8 cm³/mol. The van der Waals surface area contributed by atoms with Gasteiger partial charge in [-0.3, -0.25) is 0 Å². The van der Waals surface area contributed by atoms with Gasteiger partial charge >= 0.3 is 0 Å². The molecule has 0 amide bonds. The quantitative estimate of drug-likeness (QED) is 0.782. The van der Waals surface area contributed by atoms with Gasteiger partial charge in [0.05, 0.1) is 4.90 Å². The highest BCUT2D eigenvalue weighted by Gasteiger charge is 2.31. The van der Waals surface area contributed by atoms with Gasteiger partial charge in [-0.1, -0.05) is 31.9 Å². The van der Waals surface area contributed by atoms with Crippen molar-refractivity contribution in [3.63, 3.8) is 0 Å². The zero-order chi connectivity index (χ0) is 13.9. The number of hydrogen-bond donors (Lipinski definition) is 0. The van der Waals surface area contributed by atoms with Crippen molar-refractivity contribution in [1.29, 1.82) is 0 Å². The molecule has 1 fully saturated rings. The molecule has 3 nitrogen and oxygen atoms in total. The fourth-order valence-corrected chi connectivity index (χ4v) is 4.67. The van der Waals surface area contributed by atoms with Crippen LogP contribution in [0.15, 0.2) is 29.2 Å². The lowest BCUT2D eigenvalue weighted by Crippen LogP contribution is -2.38. The van der Waals surface area contributed by atoms with E-state index in [9.17, 15) is 8.42 Å². The summed E-state index contributed by atoms with van der Waals surface area (Å²) in [5.74, 6) is 0.332. The molecule has 0 bridgehead atoms. The maximum absolute atomic E-state index is 12.7. The van der Waals surface area contributed by atoms with Crippen molar-refractivity contribution in [2.45, 2.75) is 49.4 Å². The Morgan fingerprint density at radius 3 is 2.58 bits per heavy atom. The van der Waals surface area contributed by atoms with Gasteiger partial charge in [0.1, 0.15) is 0 Å². The SMILES string of the molecule is CCN(C1CCCC1)S(=O)(=O)c1cccc(CCl)c1. The Hall–Kier alpha value is -0.580.